The third-order valence-electron chi connectivity index (χ3n) is 5.07. The smallest absolute Gasteiger partial charge is 0.340 e. The predicted molar refractivity (Wildman–Crippen MR) is 117 cm³/mol. The summed E-state index contributed by atoms with van der Waals surface area (Å²) in [4.78, 5) is 40.5. The molecule has 0 N–H and O–H groups in total. The molecule has 0 aliphatic heterocycles. The van der Waals surface area contributed by atoms with E-state index in [1.165, 1.54) is 4.90 Å². The van der Waals surface area contributed by atoms with Gasteiger partial charge in [0.1, 0.15) is 0 Å². The third kappa shape index (κ3) is 4.07. The molecule has 30 heavy (non-hydrogen) atoms. The Morgan fingerprint density at radius 3 is 2.43 bits per heavy atom. The van der Waals surface area contributed by atoms with Gasteiger partial charge < -0.3 is 4.90 Å². The molecule has 3 aromatic rings. The molecule has 8 heteroatoms. The van der Waals surface area contributed by atoms with Crippen LogP contribution in [-0.2, 0) is 6.54 Å². The van der Waals surface area contributed by atoms with E-state index in [0.29, 0.717) is 17.3 Å². The maximum atomic E-state index is 13.2. The fourth-order valence-corrected chi connectivity index (χ4v) is 3.13. The predicted octanol–water partition coefficient (Wildman–Crippen LogP) is 2.80. The standard InChI is InChI=1S/C22H23ClN4O3/c1-5-25(4)20(28)19-21(29)26(13-16-9-7-6-8-14(16)2)22(30)27(24-19)17-11-10-15(3)18(23)12-17/h6-12H,5,13H2,1-4H3. The zero-order chi connectivity index (χ0) is 22.0. The normalized spacial score (nSPS) is 10.8. The first-order valence-electron chi connectivity index (χ1n) is 9.55. The lowest BCUT2D eigenvalue weighted by Gasteiger charge is -2.17. The van der Waals surface area contributed by atoms with E-state index in [1.54, 1.807) is 32.2 Å². The monoisotopic (exact) mass is 426 g/mol. The number of hydrogen-bond acceptors (Lipinski definition) is 4. The average Bonchev–Trinajstić information content (AvgIpc) is 2.73. The number of halogens is 1. The molecule has 1 heterocycles. The van der Waals surface area contributed by atoms with Gasteiger partial charge >= 0.3 is 5.69 Å². The molecule has 1 aromatic heterocycles. The van der Waals surface area contributed by atoms with Gasteiger partial charge in [-0.1, -0.05) is 41.9 Å². The van der Waals surface area contributed by atoms with Gasteiger partial charge in [0.2, 0.25) is 5.69 Å². The maximum absolute atomic E-state index is 13.2. The molecule has 0 bridgehead atoms. The first-order chi connectivity index (χ1) is 14.2. The topological polar surface area (TPSA) is 77.2 Å². The van der Waals surface area contributed by atoms with Crippen LogP contribution in [0, 0.1) is 13.8 Å². The summed E-state index contributed by atoms with van der Waals surface area (Å²) in [6, 6.07) is 12.5. The van der Waals surface area contributed by atoms with Crippen LogP contribution in [0.4, 0.5) is 0 Å². The Balaban J connectivity index is 2.28. The fourth-order valence-electron chi connectivity index (χ4n) is 2.95. The van der Waals surface area contributed by atoms with E-state index >= 15 is 0 Å². The summed E-state index contributed by atoms with van der Waals surface area (Å²) in [7, 11) is 1.58. The molecule has 0 unspecified atom stereocenters. The van der Waals surface area contributed by atoms with E-state index in [2.05, 4.69) is 5.10 Å². The van der Waals surface area contributed by atoms with Gasteiger partial charge in [-0.05, 0) is 49.6 Å². The van der Waals surface area contributed by atoms with Crippen molar-refractivity contribution in [1.82, 2.24) is 19.2 Å². The van der Waals surface area contributed by atoms with Gasteiger partial charge in [-0.25, -0.2) is 4.79 Å². The van der Waals surface area contributed by atoms with Gasteiger partial charge in [0, 0.05) is 18.6 Å². The molecule has 0 radical (unpaired) electrons. The first kappa shape index (κ1) is 21.5. The average molecular weight is 427 g/mol. The van der Waals surface area contributed by atoms with Crippen molar-refractivity contribution in [2.75, 3.05) is 13.6 Å². The van der Waals surface area contributed by atoms with Gasteiger partial charge in [0.05, 0.1) is 12.2 Å². The van der Waals surface area contributed by atoms with Crippen LogP contribution >= 0.6 is 11.6 Å². The van der Waals surface area contributed by atoms with Gasteiger partial charge in [-0.2, -0.15) is 9.78 Å². The molecule has 0 aliphatic rings. The third-order valence-corrected chi connectivity index (χ3v) is 5.48. The van der Waals surface area contributed by atoms with Crippen molar-refractivity contribution in [2.24, 2.45) is 0 Å². The number of aryl methyl sites for hydroxylation is 2. The van der Waals surface area contributed by atoms with E-state index < -0.39 is 17.2 Å². The Hall–Kier alpha value is -3.19. The van der Waals surface area contributed by atoms with E-state index in [-0.39, 0.29) is 12.2 Å². The van der Waals surface area contributed by atoms with E-state index in [4.69, 9.17) is 11.6 Å². The number of carbonyl (C=O) groups is 1. The summed E-state index contributed by atoms with van der Waals surface area (Å²) < 4.78 is 2.10. The summed E-state index contributed by atoms with van der Waals surface area (Å²) in [5, 5.41) is 4.58. The highest BCUT2D eigenvalue weighted by Gasteiger charge is 2.23. The Bertz CT molecular complexity index is 1230. The van der Waals surface area contributed by atoms with Gasteiger partial charge in [0.25, 0.3) is 11.5 Å². The summed E-state index contributed by atoms with van der Waals surface area (Å²) in [6.07, 6.45) is 0. The minimum absolute atomic E-state index is 0.0303. The van der Waals surface area contributed by atoms with Crippen LogP contribution in [0.3, 0.4) is 0 Å². The molecule has 0 aliphatic carbocycles. The van der Waals surface area contributed by atoms with Crippen molar-refractivity contribution in [3.63, 3.8) is 0 Å². The minimum Gasteiger partial charge on any atom is -0.340 e. The van der Waals surface area contributed by atoms with Crippen molar-refractivity contribution in [1.29, 1.82) is 0 Å². The SMILES string of the molecule is CCN(C)C(=O)c1nn(-c2ccc(C)c(Cl)c2)c(=O)n(Cc2ccccc2C)c1=O. The lowest BCUT2D eigenvalue weighted by molar-refractivity contribution is 0.0791. The van der Waals surface area contributed by atoms with Crippen LogP contribution in [0.5, 0.6) is 0 Å². The Labute approximate surface area is 179 Å². The number of aromatic nitrogens is 3. The second-order valence-electron chi connectivity index (χ2n) is 7.11. The molecule has 2 aromatic carbocycles. The molecule has 0 saturated heterocycles. The molecule has 0 atom stereocenters. The Morgan fingerprint density at radius 2 is 1.80 bits per heavy atom. The van der Waals surface area contributed by atoms with Crippen LogP contribution in [0.1, 0.15) is 34.1 Å². The number of amides is 1. The second kappa shape index (κ2) is 8.67. The van der Waals surface area contributed by atoms with E-state index in [1.807, 2.05) is 38.1 Å². The highest BCUT2D eigenvalue weighted by atomic mass is 35.5. The van der Waals surface area contributed by atoms with Crippen molar-refractivity contribution in [2.45, 2.75) is 27.3 Å². The van der Waals surface area contributed by atoms with Crippen molar-refractivity contribution < 1.29 is 4.79 Å². The number of nitrogens with zero attached hydrogens (tertiary/aromatic N) is 4. The largest absolute Gasteiger partial charge is 0.352 e. The minimum atomic E-state index is -0.719. The molecule has 1 amide bonds. The maximum Gasteiger partial charge on any atom is 0.352 e. The highest BCUT2D eigenvalue weighted by Crippen LogP contribution is 2.18. The van der Waals surface area contributed by atoms with Crippen LogP contribution in [-0.4, -0.2) is 38.7 Å². The van der Waals surface area contributed by atoms with Gasteiger partial charge in [-0.3, -0.25) is 14.2 Å². The van der Waals surface area contributed by atoms with Gasteiger partial charge in [0.15, 0.2) is 0 Å². The number of carbonyl (C=O) groups excluding carboxylic acids is 1. The Kier molecular flexibility index (Phi) is 6.22. The van der Waals surface area contributed by atoms with Gasteiger partial charge in [-0.15, -0.1) is 0 Å². The van der Waals surface area contributed by atoms with Crippen LogP contribution < -0.4 is 11.2 Å². The zero-order valence-corrected chi connectivity index (χ0v) is 18.1. The summed E-state index contributed by atoms with van der Waals surface area (Å²) >= 11 is 6.23. The van der Waals surface area contributed by atoms with Crippen LogP contribution in [0.15, 0.2) is 52.1 Å². The van der Waals surface area contributed by atoms with E-state index in [0.717, 1.165) is 25.9 Å². The first-order valence-corrected chi connectivity index (χ1v) is 9.93. The molecule has 3 rings (SSSR count). The summed E-state index contributed by atoms with van der Waals surface area (Å²) in [6.45, 7) is 5.96. The van der Waals surface area contributed by atoms with E-state index in [9.17, 15) is 14.4 Å². The molecule has 7 nitrogen and oxygen atoms in total. The fraction of sp³-hybridized carbons (Fsp3) is 0.273. The number of hydrogen-bond donors (Lipinski definition) is 0. The summed E-state index contributed by atoms with van der Waals surface area (Å²) in [5.74, 6) is -0.548. The van der Waals surface area contributed by atoms with Crippen molar-refractivity contribution in [3.8, 4) is 5.69 Å². The second-order valence-corrected chi connectivity index (χ2v) is 7.52. The zero-order valence-electron chi connectivity index (χ0n) is 17.3. The lowest BCUT2D eigenvalue weighted by atomic mass is 10.1. The quantitative estimate of drug-likeness (QED) is 0.628. The molecule has 0 fully saturated rings. The molecule has 0 spiro atoms. The highest BCUT2D eigenvalue weighted by molar-refractivity contribution is 6.31. The van der Waals surface area contributed by atoms with Crippen molar-refractivity contribution >= 4 is 17.5 Å². The summed E-state index contributed by atoms with van der Waals surface area (Å²) in [5.41, 5.74) is 1.28. The lowest BCUT2D eigenvalue weighted by Crippen LogP contribution is -2.46. The molecule has 156 valence electrons. The Morgan fingerprint density at radius 1 is 1.10 bits per heavy atom. The number of benzene rings is 2. The number of rotatable bonds is 5. The van der Waals surface area contributed by atoms with Crippen LogP contribution in [0.25, 0.3) is 5.69 Å². The van der Waals surface area contributed by atoms with Crippen LogP contribution in [0.2, 0.25) is 5.02 Å². The van der Waals surface area contributed by atoms with Crippen molar-refractivity contribution in [3.05, 3.63) is 90.7 Å². The molecule has 0 saturated carbocycles. The molecular formula is C22H23ClN4O3. The molecular weight excluding hydrogens is 404 g/mol.